The molecular weight excluding hydrogens is 338 g/mol. The van der Waals surface area contributed by atoms with E-state index in [0.717, 1.165) is 16.9 Å². The van der Waals surface area contributed by atoms with Gasteiger partial charge in [-0.25, -0.2) is 9.79 Å². The highest BCUT2D eigenvalue weighted by Gasteiger charge is 2.24. The van der Waals surface area contributed by atoms with E-state index in [1.165, 1.54) is 11.3 Å². The van der Waals surface area contributed by atoms with Crippen molar-refractivity contribution >= 4 is 29.3 Å². The van der Waals surface area contributed by atoms with Gasteiger partial charge in [-0.05, 0) is 48.6 Å². The zero-order valence-corrected chi connectivity index (χ0v) is 15.0. The van der Waals surface area contributed by atoms with Crippen LogP contribution >= 0.6 is 11.3 Å². The second-order valence-electron chi connectivity index (χ2n) is 5.30. The fraction of sp³-hybridized carbons (Fsp3) is 0.263. The van der Waals surface area contributed by atoms with Gasteiger partial charge in [-0.2, -0.15) is 0 Å². The van der Waals surface area contributed by atoms with E-state index in [0.29, 0.717) is 30.6 Å². The minimum Gasteiger partial charge on any atom is -0.490 e. The van der Waals surface area contributed by atoms with Crippen molar-refractivity contribution in [1.29, 1.82) is 0 Å². The average Bonchev–Trinajstić information content (AvgIpc) is 3.25. The maximum absolute atomic E-state index is 12.0. The van der Waals surface area contributed by atoms with Crippen LogP contribution in [0.25, 0.3) is 6.08 Å². The van der Waals surface area contributed by atoms with E-state index in [2.05, 4.69) is 4.99 Å². The predicted molar refractivity (Wildman–Crippen MR) is 98.3 cm³/mol. The van der Waals surface area contributed by atoms with Crippen molar-refractivity contribution in [2.24, 2.45) is 4.99 Å². The summed E-state index contributed by atoms with van der Waals surface area (Å²) in [5.74, 6) is 1.24. The summed E-state index contributed by atoms with van der Waals surface area (Å²) in [5, 5.41) is 1.91. The summed E-state index contributed by atoms with van der Waals surface area (Å²) in [5.41, 5.74) is 1.07. The zero-order chi connectivity index (χ0) is 17.6. The number of carbonyl (C=O) groups is 1. The van der Waals surface area contributed by atoms with Crippen LogP contribution in [0.5, 0.6) is 11.5 Å². The monoisotopic (exact) mass is 357 g/mol. The normalized spacial score (nSPS) is 15.2. The molecule has 0 aliphatic carbocycles. The SMILES string of the molecule is CCCOc1ccc(/C=C2\N=C(c3cccs3)OC2=O)cc1OCC. The van der Waals surface area contributed by atoms with Gasteiger partial charge in [0.15, 0.2) is 17.2 Å². The molecule has 0 unspecified atom stereocenters. The second-order valence-corrected chi connectivity index (χ2v) is 6.25. The zero-order valence-electron chi connectivity index (χ0n) is 14.2. The number of benzene rings is 1. The van der Waals surface area contributed by atoms with E-state index < -0.39 is 5.97 Å². The lowest BCUT2D eigenvalue weighted by molar-refractivity contribution is -0.129. The molecular formula is C19H19NO4S. The Morgan fingerprint density at radius 1 is 1.20 bits per heavy atom. The molecule has 1 aromatic heterocycles. The molecule has 25 heavy (non-hydrogen) atoms. The number of nitrogens with zero attached hydrogens (tertiary/aromatic N) is 1. The maximum Gasteiger partial charge on any atom is 0.363 e. The molecule has 0 amide bonds. The molecule has 1 aliphatic rings. The first kappa shape index (κ1) is 17.2. The van der Waals surface area contributed by atoms with E-state index in [9.17, 15) is 4.79 Å². The molecule has 1 aromatic carbocycles. The summed E-state index contributed by atoms with van der Waals surface area (Å²) in [6.45, 7) is 5.13. The summed E-state index contributed by atoms with van der Waals surface area (Å²) in [6.07, 6.45) is 2.61. The molecule has 1 aliphatic heterocycles. The van der Waals surface area contributed by atoms with E-state index >= 15 is 0 Å². The van der Waals surface area contributed by atoms with Gasteiger partial charge in [0, 0.05) is 0 Å². The number of aliphatic imine (C=N–C) groups is 1. The summed E-state index contributed by atoms with van der Waals surface area (Å²) in [6, 6.07) is 9.31. The fourth-order valence-corrected chi connectivity index (χ4v) is 2.94. The number of thiophene rings is 1. The lowest BCUT2D eigenvalue weighted by Crippen LogP contribution is -2.03. The number of ether oxygens (including phenoxy) is 3. The van der Waals surface area contributed by atoms with Gasteiger partial charge in [-0.15, -0.1) is 11.3 Å². The number of cyclic esters (lactones) is 1. The lowest BCUT2D eigenvalue weighted by atomic mass is 10.1. The number of esters is 1. The van der Waals surface area contributed by atoms with E-state index in [1.807, 2.05) is 49.6 Å². The van der Waals surface area contributed by atoms with Crippen molar-refractivity contribution in [2.45, 2.75) is 20.3 Å². The Morgan fingerprint density at radius 2 is 2.08 bits per heavy atom. The smallest absolute Gasteiger partial charge is 0.363 e. The molecule has 0 saturated heterocycles. The number of rotatable bonds is 7. The predicted octanol–water partition coefficient (Wildman–Crippen LogP) is 4.28. The first-order valence-corrected chi connectivity index (χ1v) is 9.05. The van der Waals surface area contributed by atoms with E-state index in [-0.39, 0.29) is 5.70 Å². The standard InChI is InChI=1S/C19H19NO4S/c1-3-9-23-15-8-7-13(12-16(15)22-4-2)11-14-19(21)24-18(20-14)17-6-5-10-25-17/h5-8,10-12H,3-4,9H2,1-2H3/b14-11-. The molecule has 0 radical (unpaired) electrons. The van der Waals surface area contributed by atoms with Gasteiger partial charge in [-0.3, -0.25) is 0 Å². The maximum atomic E-state index is 12.0. The third kappa shape index (κ3) is 4.09. The van der Waals surface area contributed by atoms with Gasteiger partial charge in [0.05, 0.1) is 18.1 Å². The van der Waals surface area contributed by atoms with Crippen molar-refractivity contribution in [2.75, 3.05) is 13.2 Å². The first-order valence-electron chi connectivity index (χ1n) is 8.17. The summed E-state index contributed by atoms with van der Waals surface area (Å²) >= 11 is 1.48. The molecule has 6 heteroatoms. The summed E-state index contributed by atoms with van der Waals surface area (Å²) in [4.78, 5) is 17.2. The topological polar surface area (TPSA) is 57.1 Å². The van der Waals surface area contributed by atoms with Crippen molar-refractivity contribution in [3.8, 4) is 11.5 Å². The Bertz CT molecular complexity index is 809. The highest BCUT2D eigenvalue weighted by atomic mass is 32.1. The molecule has 0 bridgehead atoms. The van der Waals surface area contributed by atoms with Gasteiger partial charge in [-0.1, -0.05) is 19.1 Å². The number of hydrogen-bond acceptors (Lipinski definition) is 6. The average molecular weight is 357 g/mol. The van der Waals surface area contributed by atoms with Crippen molar-refractivity contribution in [1.82, 2.24) is 0 Å². The molecule has 0 saturated carbocycles. The highest BCUT2D eigenvalue weighted by Crippen LogP contribution is 2.30. The van der Waals surface area contributed by atoms with Gasteiger partial charge >= 0.3 is 5.97 Å². The van der Waals surface area contributed by atoms with Gasteiger partial charge < -0.3 is 14.2 Å². The lowest BCUT2D eigenvalue weighted by Gasteiger charge is -2.12. The van der Waals surface area contributed by atoms with Gasteiger partial charge in [0.2, 0.25) is 5.90 Å². The Labute approximate surface area is 150 Å². The largest absolute Gasteiger partial charge is 0.490 e. The summed E-state index contributed by atoms with van der Waals surface area (Å²) in [7, 11) is 0. The molecule has 0 atom stereocenters. The molecule has 0 fully saturated rings. The Hall–Kier alpha value is -2.60. The Balaban J connectivity index is 1.87. The highest BCUT2D eigenvalue weighted by molar-refractivity contribution is 7.12. The molecule has 5 nitrogen and oxygen atoms in total. The van der Waals surface area contributed by atoms with Crippen LogP contribution < -0.4 is 9.47 Å². The minimum absolute atomic E-state index is 0.271. The third-order valence-electron chi connectivity index (χ3n) is 3.39. The second kappa shape index (κ2) is 7.98. The quantitative estimate of drug-likeness (QED) is 0.548. The van der Waals surface area contributed by atoms with Crippen LogP contribution in [-0.4, -0.2) is 25.1 Å². The third-order valence-corrected chi connectivity index (χ3v) is 4.24. The van der Waals surface area contributed by atoms with Crippen LogP contribution in [0.4, 0.5) is 0 Å². The first-order chi connectivity index (χ1) is 12.2. The Kier molecular flexibility index (Phi) is 5.50. The van der Waals surface area contributed by atoms with Crippen molar-refractivity contribution in [3.63, 3.8) is 0 Å². The molecule has 2 heterocycles. The van der Waals surface area contributed by atoms with E-state index in [4.69, 9.17) is 14.2 Å². The van der Waals surface area contributed by atoms with Gasteiger partial charge in [0.25, 0.3) is 0 Å². The van der Waals surface area contributed by atoms with Crippen molar-refractivity contribution in [3.05, 3.63) is 51.8 Å². The Morgan fingerprint density at radius 3 is 2.80 bits per heavy atom. The molecule has 3 rings (SSSR count). The molecule has 2 aromatic rings. The molecule has 130 valence electrons. The van der Waals surface area contributed by atoms with E-state index in [1.54, 1.807) is 6.08 Å². The van der Waals surface area contributed by atoms with Crippen molar-refractivity contribution < 1.29 is 19.0 Å². The van der Waals surface area contributed by atoms with Crippen LogP contribution in [0.1, 0.15) is 30.7 Å². The van der Waals surface area contributed by atoms with Crippen LogP contribution in [0.15, 0.2) is 46.4 Å². The van der Waals surface area contributed by atoms with Gasteiger partial charge in [0.1, 0.15) is 0 Å². The van der Waals surface area contributed by atoms with Crippen LogP contribution in [0.2, 0.25) is 0 Å². The van der Waals surface area contributed by atoms with Crippen LogP contribution in [-0.2, 0) is 9.53 Å². The molecule has 0 spiro atoms. The molecule has 0 N–H and O–H groups in total. The van der Waals surface area contributed by atoms with Crippen LogP contribution in [0, 0.1) is 0 Å². The fourth-order valence-electron chi connectivity index (χ4n) is 2.29. The summed E-state index contributed by atoms with van der Waals surface area (Å²) < 4.78 is 16.6. The van der Waals surface area contributed by atoms with Crippen LogP contribution in [0.3, 0.4) is 0 Å². The number of carbonyl (C=O) groups excluding carboxylic acids is 1. The minimum atomic E-state index is -0.451. The number of hydrogen-bond donors (Lipinski definition) is 0.